The molecule has 1 heterocycles. The Labute approximate surface area is 158 Å². The summed E-state index contributed by atoms with van der Waals surface area (Å²) in [4.78, 5) is 8.53. The molecule has 5 nitrogen and oxygen atoms in total. The van der Waals surface area contributed by atoms with Crippen LogP contribution in [0.2, 0.25) is 5.02 Å². The Morgan fingerprint density at radius 2 is 1.69 bits per heavy atom. The van der Waals surface area contributed by atoms with Gasteiger partial charge in [0.25, 0.3) is 0 Å². The van der Waals surface area contributed by atoms with Crippen LogP contribution >= 0.6 is 11.6 Å². The standard InChI is InChI=1S/C20H21ClN4O/c1-26-18-5-3-2-4-16(18)13-23-20-12-19(24-14-25-20)22-11-10-15-6-8-17(21)9-7-15/h2-9,12,14H,10-11,13H2,1H3,(H2,22,23,24,25). The zero-order chi connectivity index (χ0) is 18.2. The Bertz CT molecular complexity index is 839. The molecule has 0 aliphatic carbocycles. The van der Waals surface area contributed by atoms with Gasteiger partial charge in [0.2, 0.25) is 0 Å². The van der Waals surface area contributed by atoms with Crippen molar-refractivity contribution in [3.05, 3.63) is 77.1 Å². The Morgan fingerprint density at radius 3 is 2.46 bits per heavy atom. The summed E-state index contributed by atoms with van der Waals surface area (Å²) in [6.45, 7) is 1.41. The molecule has 2 N–H and O–H groups in total. The Hall–Kier alpha value is -2.79. The predicted molar refractivity (Wildman–Crippen MR) is 106 cm³/mol. The molecule has 0 saturated carbocycles. The highest BCUT2D eigenvalue weighted by Crippen LogP contribution is 2.19. The Balaban J connectivity index is 1.53. The summed E-state index contributed by atoms with van der Waals surface area (Å²) in [6, 6.07) is 17.7. The number of aromatic nitrogens is 2. The van der Waals surface area contributed by atoms with Crippen molar-refractivity contribution in [1.82, 2.24) is 9.97 Å². The largest absolute Gasteiger partial charge is 0.496 e. The van der Waals surface area contributed by atoms with Crippen LogP contribution in [0.5, 0.6) is 5.75 Å². The first-order valence-electron chi connectivity index (χ1n) is 8.41. The minimum atomic E-state index is 0.630. The number of para-hydroxylation sites is 1. The second-order valence-electron chi connectivity index (χ2n) is 5.76. The van der Waals surface area contributed by atoms with Crippen LogP contribution in [-0.2, 0) is 13.0 Å². The molecule has 0 unspecified atom stereocenters. The van der Waals surface area contributed by atoms with Crippen molar-refractivity contribution in [2.24, 2.45) is 0 Å². The van der Waals surface area contributed by atoms with E-state index in [0.717, 1.165) is 40.9 Å². The van der Waals surface area contributed by atoms with Crippen LogP contribution in [0, 0.1) is 0 Å². The molecular formula is C20H21ClN4O. The van der Waals surface area contributed by atoms with Crippen molar-refractivity contribution in [3.8, 4) is 5.75 Å². The molecule has 0 aliphatic rings. The number of hydrogen-bond donors (Lipinski definition) is 2. The number of benzene rings is 2. The molecule has 1 aromatic heterocycles. The van der Waals surface area contributed by atoms with E-state index < -0.39 is 0 Å². The second kappa shape index (κ2) is 9.06. The van der Waals surface area contributed by atoms with Gasteiger partial charge in [-0.2, -0.15) is 0 Å². The topological polar surface area (TPSA) is 59.1 Å². The van der Waals surface area contributed by atoms with Crippen LogP contribution in [0.25, 0.3) is 0 Å². The molecule has 0 saturated heterocycles. The van der Waals surface area contributed by atoms with Crippen molar-refractivity contribution in [2.75, 3.05) is 24.3 Å². The molecule has 0 amide bonds. The maximum absolute atomic E-state index is 5.90. The molecule has 134 valence electrons. The first-order chi connectivity index (χ1) is 12.7. The maximum Gasteiger partial charge on any atom is 0.131 e. The van der Waals surface area contributed by atoms with E-state index in [-0.39, 0.29) is 0 Å². The number of rotatable bonds is 8. The van der Waals surface area contributed by atoms with Crippen LogP contribution in [0.15, 0.2) is 60.9 Å². The van der Waals surface area contributed by atoms with Crippen LogP contribution < -0.4 is 15.4 Å². The third-order valence-electron chi connectivity index (χ3n) is 3.95. The van der Waals surface area contributed by atoms with Crippen LogP contribution in [0.4, 0.5) is 11.6 Å². The second-order valence-corrected chi connectivity index (χ2v) is 6.19. The lowest BCUT2D eigenvalue weighted by Crippen LogP contribution is -2.08. The quantitative estimate of drug-likeness (QED) is 0.617. The van der Waals surface area contributed by atoms with E-state index in [0.29, 0.717) is 6.54 Å². The van der Waals surface area contributed by atoms with Gasteiger partial charge in [0.1, 0.15) is 23.7 Å². The minimum Gasteiger partial charge on any atom is -0.496 e. The van der Waals surface area contributed by atoms with Crippen molar-refractivity contribution < 1.29 is 4.74 Å². The molecule has 0 aliphatic heterocycles. The molecule has 26 heavy (non-hydrogen) atoms. The van der Waals surface area contributed by atoms with Crippen LogP contribution in [0.1, 0.15) is 11.1 Å². The molecule has 6 heteroatoms. The number of nitrogens with zero attached hydrogens (tertiary/aromatic N) is 2. The van der Waals surface area contributed by atoms with E-state index in [1.54, 1.807) is 13.4 Å². The number of halogens is 1. The van der Waals surface area contributed by atoms with E-state index in [1.807, 2.05) is 54.6 Å². The van der Waals surface area contributed by atoms with Crippen molar-refractivity contribution in [2.45, 2.75) is 13.0 Å². The number of methoxy groups -OCH3 is 1. The van der Waals surface area contributed by atoms with Gasteiger partial charge in [-0.25, -0.2) is 9.97 Å². The van der Waals surface area contributed by atoms with Gasteiger partial charge < -0.3 is 15.4 Å². The highest BCUT2D eigenvalue weighted by Gasteiger charge is 2.03. The first kappa shape index (κ1) is 18.0. The molecule has 0 spiro atoms. The van der Waals surface area contributed by atoms with E-state index in [2.05, 4.69) is 20.6 Å². The van der Waals surface area contributed by atoms with E-state index in [4.69, 9.17) is 16.3 Å². The normalized spacial score (nSPS) is 10.4. The lowest BCUT2D eigenvalue weighted by molar-refractivity contribution is 0.410. The monoisotopic (exact) mass is 368 g/mol. The lowest BCUT2D eigenvalue weighted by Gasteiger charge is -2.11. The van der Waals surface area contributed by atoms with Crippen LogP contribution in [0.3, 0.4) is 0 Å². The van der Waals surface area contributed by atoms with Gasteiger partial charge in [0.15, 0.2) is 0 Å². The third kappa shape index (κ3) is 5.10. The highest BCUT2D eigenvalue weighted by atomic mass is 35.5. The molecule has 0 atom stereocenters. The fraction of sp³-hybridized carbons (Fsp3) is 0.200. The summed E-state index contributed by atoms with van der Waals surface area (Å²) >= 11 is 5.90. The number of ether oxygens (including phenoxy) is 1. The summed E-state index contributed by atoms with van der Waals surface area (Å²) < 4.78 is 5.37. The van der Waals surface area contributed by atoms with Gasteiger partial charge in [-0.1, -0.05) is 41.9 Å². The van der Waals surface area contributed by atoms with Crippen molar-refractivity contribution in [3.63, 3.8) is 0 Å². The molecule has 3 aromatic rings. The molecular weight excluding hydrogens is 348 g/mol. The van der Waals surface area contributed by atoms with Gasteiger partial charge in [-0.05, 0) is 30.2 Å². The molecule has 2 aromatic carbocycles. The average molecular weight is 369 g/mol. The van der Waals surface area contributed by atoms with Gasteiger partial charge >= 0.3 is 0 Å². The van der Waals surface area contributed by atoms with Gasteiger partial charge in [0, 0.05) is 29.7 Å². The minimum absolute atomic E-state index is 0.630. The average Bonchev–Trinajstić information content (AvgIpc) is 2.68. The van der Waals surface area contributed by atoms with E-state index >= 15 is 0 Å². The predicted octanol–water partition coefficient (Wildman–Crippen LogP) is 4.41. The summed E-state index contributed by atoms with van der Waals surface area (Å²) in [5, 5.41) is 7.38. The maximum atomic E-state index is 5.90. The van der Waals surface area contributed by atoms with E-state index in [9.17, 15) is 0 Å². The molecule has 0 bridgehead atoms. The molecule has 0 radical (unpaired) electrons. The summed E-state index contributed by atoms with van der Waals surface area (Å²) in [5.41, 5.74) is 2.30. The Kier molecular flexibility index (Phi) is 6.28. The fourth-order valence-electron chi connectivity index (χ4n) is 2.57. The van der Waals surface area contributed by atoms with Crippen LogP contribution in [-0.4, -0.2) is 23.6 Å². The smallest absolute Gasteiger partial charge is 0.131 e. The van der Waals surface area contributed by atoms with Gasteiger partial charge in [-0.3, -0.25) is 0 Å². The summed E-state index contributed by atoms with van der Waals surface area (Å²) in [7, 11) is 1.67. The number of nitrogens with one attached hydrogen (secondary N) is 2. The zero-order valence-corrected chi connectivity index (χ0v) is 15.3. The molecule has 0 fully saturated rings. The third-order valence-corrected chi connectivity index (χ3v) is 4.20. The number of anilines is 2. The van der Waals surface area contributed by atoms with E-state index in [1.165, 1.54) is 5.56 Å². The van der Waals surface area contributed by atoms with Gasteiger partial charge in [-0.15, -0.1) is 0 Å². The fourth-order valence-corrected chi connectivity index (χ4v) is 2.70. The number of hydrogen-bond acceptors (Lipinski definition) is 5. The van der Waals surface area contributed by atoms with Crippen molar-refractivity contribution >= 4 is 23.2 Å². The summed E-state index contributed by atoms with van der Waals surface area (Å²) in [5.74, 6) is 2.41. The summed E-state index contributed by atoms with van der Waals surface area (Å²) in [6.07, 6.45) is 2.44. The Morgan fingerprint density at radius 1 is 0.962 bits per heavy atom. The SMILES string of the molecule is COc1ccccc1CNc1cc(NCCc2ccc(Cl)cc2)ncn1. The first-order valence-corrected chi connectivity index (χ1v) is 8.78. The highest BCUT2D eigenvalue weighted by molar-refractivity contribution is 6.30. The van der Waals surface area contributed by atoms with Gasteiger partial charge in [0.05, 0.1) is 7.11 Å². The zero-order valence-electron chi connectivity index (χ0n) is 14.6. The molecule has 3 rings (SSSR count). The van der Waals surface area contributed by atoms with Crippen molar-refractivity contribution in [1.29, 1.82) is 0 Å². The lowest BCUT2D eigenvalue weighted by atomic mass is 10.1.